The highest BCUT2D eigenvalue weighted by Crippen LogP contribution is 2.14. The van der Waals surface area contributed by atoms with E-state index < -0.39 is 18.0 Å². The molecule has 1 amide bonds. The Hall–Kier alpha value is -2.15. The lowest BCUT2D eigenvalue weighted by Crippen LogP contribution is -2.48. The van der Waals surface area contributed by atoms with Gasteiger partial charge >= 0.3 is 18.0 Å². The first-order chi connectivity index (χ1) is 11.7. The van der Waals surface area contributed by atoms with Gasteiger partial charge in [-0.25, -0.2) is 14.1 Å². The van der Waals surface area contributed by atoms with E-state index in [0.29, 0.717) is 26.1 Å². The number of aliphatic carboxylic acids is 1. The van der Waals surface area contributed by atoms with Gasteiger partial charge < -0.3 is 14.9 Å². The third-order valence-corrected chi connectivity index (χ3v) is 4.15. The van der Waals surface area contributed by atoms with Crippen LogP contribution in [0, 0.1) is 0 Å². The molecular weight excluding hydrogens is 326 g/mol. The van der Waals surface area contributed by atoms with Crippen molar-refractivity contribution in [2.45, 2.75) is 46.0 Å². The molecule has 0 aromatic rings. The molecule has 0 aromatic heterocycles. The maximum atomic E-state index is 11.7. The summed E-state index contributed by atoms with van der Waals surface area (Å²) in [4.78, 5) is 34.2. The first kappa shape index (κ1) is 22.9. The number of esters is 1. The van der Waals surface area contributed by atoms with Crippen molar-refractivity contribution in [2.75, 3.05) is 26.7 Å². The molecule has 7 heteroatoms. The van der Waals surface area contributed by atoms with E-state index in [9.17, 15) is 24.6 Å². The van der Waals surface area contributed by atoms with Crippen LogP contribution in [0.15, 0.2) is 23.8 Å². The molecule has 0 saturated carbocycles. The van der Waals surface area contributed by atoms with Crippen molar-refractivity contribution in [1.82, 2.24) is 0 Å². The number of hydrogen-bond donors (Lipinski definition) is 2. The summed E-state index contributed by atoms with van der Waals surface area (Å²) < 4.78 is 4.86. The minimum atomic E-state index is -1.08. The maximum absolute atomic E-state index is 11.7. The van der Waals surface area contributed by atoms with Crippen molar-refractivity contribution in [3.63, 3.8) is 0 Å². The molecule has 25 heavy (non-hydrogen) atoms. The number of carboxylic acids is 1. The molecule has 0 heterocycles. The van der Waals surface area contributed by atoms with Gasteiger partial charge in [0.2, 0.25) is 0 Å². The quantitative estimate of drug-likeness (QED) is 0.241. The van der Waals surface area contributed by atoms with Gasteiger partial charge in [-0.3, -0.25) is 0 Å². The number of amides is 1. The summed E-state index contributed by atoms with van der Waals surface area (Å²) in [6, 6.07) is 0. The standard InChI is InChI=1S/C18H29NO6/c1-5-7-13-25-17(22)14(3)10-11-15(16(20)21)9-8-12-19(4,6-2)18(23)24/h11H,3,5-10,12-13H2,1-2,4H3,(H-,20,21,23,24)/p+1. The van der Waals surface area contributed by atoms with Gasteiger partial charge in [-0.05, 0) is 26.2 Å². The largest absolute Gasteiger partial charge is 0.513 e. The molecule has 1 unspecified atom stereocenters. The van der Waals surface area contributed by atoms with Crippen molar-refractivity contribution in [3.8, 4) is 0 Å². The molecule has 0 aromatic carbocycles. The number of carbonyl (C=O) groups excluding carboxylic acids is 1. The summed E-state index contributed by atoms with van der Waals surface area (Å²) in [5.41, 5.74) is 0.352. The summed E-state index contributed by atoms with van der Waals surface area (Å²) in [6.45, 7) is 8.46. The second kappa shape index (κ2) is 11.4. The predicted molar refractivity (Wildman–Crippen MR) is 94.2 cm³/mol. The molecule has 2 N–H and O–H groups in total. The van der Waals surface area contributed by atoms with Crippen LogP contribution in [0.4, 0.5) is 4.79 Å². The van der Waals surface area contributed by atoms with Crippen molar-refractivity contribution >= 4 is 18.0 Å². The number of rotatable bonds is 12. The lowest BCUT2D eigenvalue weighted by atomic mass is 10.1. The van der Waals surface area contributed by atoms with E-state index in [1.54, 1.807) is 14.0 Å². The van der Waals surface area contributed by atoms with Crippen LogP contribution in [-0.2, 0) is 14.3 Å². The summed E-state index contributed by atoms with van der Waals surface area (Å²) >= 11 is 0. The fraction of sp³-hybridized carbons (Fsp3) is 0.611. The molecule has 0 aliphatic carbocycles. The highest BCUT2D eigenvalue weighted by molar-refractivity contribution is 5.89. The number of allylic oxidation sites excluding steroid dienone is 1. The third-order valence-electron chi connectivity index (χ3n) is 4.15. The molecule has 0 saturated heterocycles. The Kier molecular flexibility index (Phi) is 10.4. The molecule has 1 atom stereocenters. The van der Waals surface area contributed by atoms with Crippen LogP contribution in [0.5, 0.6) is 0 Å². The number of carboxylic acid groups (broad SMARTS) is 2. The SMILES string of the molecule is C=C(CC=C(CCC[N+](C)(CC)C(=O)O)C(=O)O)C(=O)OCCCC. The Bertz CT molecular complexity index is 526. The molecule has 0 rings (SSSR count). The van der Waals surface area contributed by atoms with Crippen LogP contribution in [0.1, 0.15) is 46.0 Å². The highest BCUT2D eigenvalue weighted by atomic mass is 16.5. The minimum Gasteiger partial charge on any atom is -0.478 e. The zero-order chi connectivity index (χ0) is 19.5. The first-order valence-electron chi connectivity index (χ1n) is 8.53. The molecule has 7 nitrogen and oxygen atoms in total. The first-order valence-corrected chi connectivity index (χ1v) is 8.53. The number of hydrogen-bond acceptors (Lipinski definition) is 4. The smallest absolute Gasteiger partial charge is 0.478 e. The molecule has 0 aliphatic heterocycles. The summed E-state index contributed by atoms with van der Waals surface area (Å²) in [7, 11) is 1.60. The fourth-order valence-electron chi connectivity index (χ4n) is 2.04. The van der Waals surface area contributed by atoms with E-state index in [-0.39, 0.29) is 28.5 Å². The number of ether oxygens (including phenoxy) is 1. The normalized spacial score (nSPS) is 13.8. The van der Waals surface area contributed by atoms with Crippen LogP contribution >= 0.6 is 0 Å². The van der Waals surface area contributed by atoms with Gasteiger partial charge in [0.15, 0.2) is 0 Å². The lowest BCUT2D eigenvalue weighted by Gasteiger charge is -2.26. The van der Waals surface area contributed by atoms with E-state index in [1.165, 1.54) is 6.08 Å². The molecule has 0 aliphatic rings. The fourth-order valence-corrected chi connectivity index (χ4v) is 2.04. The van der Waals surface area contributed by atoms with Gasteiger partial charge in [0.25, 0.3) is 0 Å². The van der Waals surface area contributed by atoms with Crippen LogP contribution in [-0.4, -0.2) is 59.5 Å². The second-order valence-corrected chi connectivity index (χ2v) is 6.15. The van der Waals surface area contributed by atoms with Gasteiger partial charge in [0.1, 0.15) is 0 Å². The molecule has 0 radical (unpaired) electrons. The molecule has 0 fully saturated rings. The van der Waals surface area contributed by atoms with E-state index in [4.69, 9.17) is 4.74 Å². The Morgan fingerprint density at radius 3 is 2.28 bits per heavy atom. The van der Waals surface area contributed by atoms with Gasteiger partial charge in [-0.2, -0.15) is 4.79 Å². The third kappa shape index (κ3) is 8.49. The molecule has 0 bridgehead atoms. The lowest BCUT2D eigenvalue weighted by molar-refractivity contribution is -0.835. The number of carbonyl (C=O) groups is 3. The van der Waals surface area contributed by atoms with E-state index in [0.717, 1.165) is 12.8 Å². The van der Waals surface area contributed by atoms with Crippen LogP contribution in [0.2, 0.25) is 0 Å². The van der Waals surface area contributed by atoms with Crippen molar-refractivity contribution in [1.29, 1.82) is 0 Å². The summed E-state index contributed by atoms with van der Waals surface area (Å²) in [5, 5.41) is 18.5. The van der Waals surface area contributed by atoms with Crippen LogP contribution < -0.4 is 0 Å². The van der Waals surface area contributed by atoms with Crippen molar-refractivity contribution in [2.24, 2.45) is 0 Å². The Morgan fingerprint density at radius 1 is 1.16 bits per heavy atom. The van der Waals surface area contributed by atoms with Crippen LogP contribution in [0.3, 0.4) is 0 Å². The maximum Gasteiger partial charge on any atom is 0.513 e. The molecule has 142 valence electrons. The topological polar surface area (TPSA) is 101 Å². The van der Waals surface area contributed by atoms with Gasteiger partial charge in [0.05, 0.1) is 26.7 Å². The summed E-state index contributed by atoms with van der Waals surface area (Å²) in [5.74, 6) is -1.59. The van der Waals surface area contributed by atoms with E-state index in [1.807, 2.05) is 6.92 Å². The Labute approximate surface area is 149 Å². The number of nitrogens with zero attached hydrogens (tertiary/aromatic N) is 1. The average Bonchev–Trinajstić information content (AvgIpc) is 2.56. The average molecular weight is 356 g/mol. The van der Waals surface area contributed by atoms with E-state index in [2.05, 4.69) is 6.58 Å². The second-order valence-electron chi connectivity index (χ2n) is 6.15. The monoisotopic (exact) mass is 356 g/mol. The Morgan fingerprint density at radius 2 is 1.80 bits per heavy atom. The van der Waals surface area contributed by atoms with Crippen molar-refractivity contribution < 1.29 is 33.8 Å². The predicted octanol–water partition coefficient (Wildman–Crippen LogP) is 3.21. The molecular formula is C18H30NO6+. The van der Waals surface area contributed by atoms with Gasteiger partial charge in [0, 0.05) is 17.6 Å². The number of quaternary nitrogens is 1. The van der Waals surface area contributed by atoms with Crippen molar-refractivity contribution in [3.05, 3.63) is 23.8 Å². The van der Waals surface area contributed by atoms with Gasteiger partial charge in [-0.1, -0.05) is 26.0 Å². The van der Waals surface area contributed by atoms with E-state index >= 15 is 0 Å². The minimum absolute atomic E-state index is 0.103. The van der Waals surface area contributed by atoms with Crippen LogP contribution in [0.25, 0.3) is 0 Å². The molecule has 0 spiro atoms. The summed E-state index contributed by atoms with van der Waals surface area (Å²) in [6.07, 6.45) is 2.94. The van der Waals surface area contributed by atoms with Gasteiger partial charge in [-0.15, -0.1) is 0 Å². The highest BCUT2D eigenvalue weighted by Gasteiger charge is 2.29. The number of unbranched alkanes of at least 4 members (excludes halogenated alkanes) is 1. The Balaban J connectivity index is 4.61. The zero-order valence-corrected chi connectivity index (χ0v) is 15.4. The zero-order valence-electron chi connectivity index (χ0n) is 15.4.